The topological polar surface area (TPSA) is 51.0 Å². The molecule has 0 aromatic heterocycles. The molecule has 0 heterocycles. The van der Waals surface area contributed by atoms with Crippen molar-refractivity contribution in [3.63, 3.8) is 0 Å². The normalized spacial score (nSPS) is 11.2. The van der Waals surface area contributed by atoms with E-state index in [-0.39, 0.29) is 0 Å². The maximum atomic E-state index is 8.66. The van der Waals surface area contributed by atoms with Gasteiger partial charge in [0.2, 0.25) is 0 Å². The predicted octanol–water partition coefficient (Wildman–Crippen LogP) is 1.90. The molecule has 0 fully saturated rings. The fourth-order valence-corrected chi connectivity index (χ4v) is 1.23. The number of para-hydroxylation sites is 1. The van der Waals surface area contributed by atoms with Crippen LogP contribution in [-0.2, 0) is 0 Å². The SMILES string of the molecule is COc1cccc(C(C)=NO)c1OC. The average molecular weight is 195 g/mol. The number of oxime groups is 1. The summed E-state index contributed by atoms with van der Waals surface area (Å²) >= 11 is 0. The minimum atomic E-state index is 0.487. The van der Waals surface area contributed by atoms with E-state index in [1.54, 1.807) is 33.3 Å². The maximum absolute atomic E-state index is 8.66. The lowest BCUT2D eigenvalue weighted by Gasteiger charge is -2.11. The van der Waals surface area contributed by atoms with Crippen molar-refractivity contribution in [3.05, 3.63) is 23.8 Å². The summed E-state index contributed by atoms with van der Waals surface area (Å²) in [5.74, 6) is 1.19. The molecule has 14 heavy (non-hydrogen) atoms. The molecular weight excluding hydrogens is 182 g/mol. The van der Waals surface area contributed by atoms with Gasteiger partial charge in [-0.1, -0.05) is 11.2 Å². The first-order chi connectivity index (χ1) is 6.74. The molecule has 76 valence electrons. The molecule has 0 saturated carbocycles. The molecule has 0 saturated heterocycles. The third-order valence-electron chi connectivity index (χ3n) is 1.94. The van der Waals surface area contributed by atoms with E-state index in [4.69, 9.17) is 14.7 Å². The van der Waals surface area contributed by atoms with Gasteiger partial charge in [0.05, 0.1) is 19.9 Å². The zero-order valence-electron chi connectivity index (χ0n) is 8.44. The van der Waals surface area contributed by atoms with E-state index >= 15 is 0 Å². The predicted molar refractivity (Wildman–Crippen MR) is 53.5 cm³/mol. The lowest BCUT2D eigenvalue weighted by atomic mass is 10.1. The Morgan fingerprint density at radius 3 is 2.50 bits per heavy atom. The van der Waals surface area contributed by atoms with Crippen LogP contribution in [0.15, 0.2) is 23.4 Å². The molecule has 0 aliphatic rings. The van der Waals surface area contributed by atoms with Crippen molar-refractivity contribution in [1.29, 1.82) is 0 Å². The van der Waals surface area contributed by atoms with Crippen LogP contribution >= 0.6 is 0 Å². The van der Waals surface area contributed by atoms with Crippen LogP contribution in [0.3, 0.4) is 0 Å². The van der Waals surface area contributed by atoms with Gasteiger partial charge in [-0.15, -0.1) is 0 Å². The van der Waals surface area contributed by atoms with Gasteiger partial charge in [0, 0.05) is 5.56 Å². The fraction of sp³-hybridized carbons (Fsp3) is 0.300. The van der Waals surface area contributed by atoms with Crippen LogP contribution < -0.4 is 9.47 Å². The second-order valence-corrected chi connectivity index (χ2v) is 2.73. The van der Waals surface area contributed by atoms with E-state index in [0.717, 1.165) is 0 Å². The van der Waals surface area contributed by atoms with Gasteiger partial charge in [-0.25, -0.2) is 0 Å². The highest BCUT2D eigenvalue weighted by Gasteiger charge is 2.11. The van der Waals surface area contributed by atoms with E-state index in [0.29, 0.717) is 22.8 Å². The van der Waals surface area contributed by atoms with Crippen molar-refractivity contribution in [3.8, 4) is 11.5 Å². The van der Waals surface area contributed by atoms with Crippen LogP contribution in [-0.4, -0.2) is 25.1 Å². The fourth-order valence-electron chi connectivity index (χ4n) is 1.23. The van der Waals surface area contributed by atoms with Crippen molar-refractivity contribution < 1.29 is 14.7 Å². The molecule has 0 atom stereocenters. The molecule has 0 radical (unpaired) electrons. The van der Waals surface area contributed by atoms with Crippen molar-refractivity contribution in [1.82, 2.24) is 0 Å². The molecule has 0 aliphatic carbocycles. The minimum absolute atomic E-state index is 0.487. The summed E-state index contributed by atoms with van der Waals surface area (Å²) in [4.78, 5) is 0. The first kappa shape index (κ1) is 10.4. The zero-order valence-corrected chi connectivity index (χ0v) is 8.44. The van der Waals surface area contributed by atoms with Crippen molar-refractivity contribution >= 4 is 5.71 Å². The summed E-state index contributed by atoms with van der Waals surface area (Å²) in [6, 6.07) is 5.40. The molecule has 0 unspecified atom stereocenters. The van der Waals surface area contributed by atoms with Gasteiger partial charge in [-0.2, -0.15) is 0 Å². The standard InChI is InChI=1S/C10H13NO3/c1-7(11-12)8-5-4-6-9(13-2)10(8)14-3/h4-6,12H,1-3H3. The Bertz CT molecular complexity index is 347. The van der Waals surface area contributed by atoms with Gasteiger partial charge < -0.3 is 14.7 Å². The summed E-state index contributed by atoms with van der Waals surface area (Å²) in [6.45, 7) is 1.69. The highest BCUT2D eigenvalue weighted by Crippen LogP contribution is 2.30. The van der Waals surface area contributed by atoms with Crippen LogP contribution in [0.2, 0.25) is 0 Å². The van der Waals surface area contributed by atoms with Gasteiger partial charge in [0.25, 0.3) is 0 Å². The van der Waals surface area contributed by atoms with E-state index in [9.17, 15) is 0 Å². The third kappa shape index (κ3) is 1.79. The smallest absolute Gasteiger partial charge is 0.169 e. The Kier molecular flexibility index (Phi) is 3.34. The summed E-state index contributed by atoms with van der Waals surface area (Å²) in [7, 11) is 3.11. The summed E-state index contributed by atoms with van der Waals surface area (Å²) < 4.78 is 10.3. The van der Waals surface area contributed by atoms with E-state index in [1.807, 2.05) is 6.07 Å². The highest BCUT2D eigenvalue weighted by atomic mass is 16.5. The van der Waals surface area contributed by atoms with Gasteiger partial charge in [0.15, 0.2) is 11.5 Å². The number of hydrogen-bond donors (Lipinski definition) is 1. The van der Waals surface area contributed by atoms with Crippen LogP contribution in [0.1, 0.15) is 12.5 Å². The summed E-state index contributed by atoms with van der Waals surface area (Å²) in [5, 5.41) is 11.8. The molecule has 4 heteroatoms. The molecule has 0 spiro atoms. The van der Waals surface area contributed by atoms with Crippen LogP contribution in [0.4, 0.5) is 0 Å². The lowest BCUT2D eigenvalue weighted by molar-refractivity contribution is 0.318. The molecule has 1 aromatic carbocycles. The van der Waals surface area contributed by atoms with Gasteiger partial charge >= 0.3 is 0 Å². The van der Waals surface area contributed by atoms with Gasteiger partial charge in [-0.05, 0) is 19.1 Å². The highest BCUT2D eigenvalue weighted by molar-refractivity contribution is 6.01. The molecule has 1 aromatic rings. The molecule has 1 N–H and O–H groups in total. The first-order valence-electron chi connectivity index (χ1n) is 4.14. The van der Waals surface area contributed by atoms with Crippen LogP contribution in [0, 0.1) is 0 Å². The Labute approximate surface area is 82.8 Å². The van der Waals surface area contributed by atoms with Crippen molar-refractivity contribution in [2.75, 3.05) is 14.2 Å². The number of nitrogens with zero attached hydrogens (tertiary/aromatic N) is 1. The van der Waals surface area contributed by atoms with E-state index in [1.165, 1.54) is 0 Å². The third-order valence-corrected chi connectivity index (χ3v) is 1.94. The Morgan fingerprint density at radius 1 is 1.29 bits per heavy atom. The van der Waals surface area contributed by atoms with Gasteiger partial charge in [0.1, 0.15) is 0 Å². The number of rotatable bonds is 3. The minimum Gasteiger partial charge on any atom is -0.493 e. The first-order valence-corrected chi connectivity index (χ1v) is 4.14. The average Bonchev–Trinajstić information content (AvgIpc) is 2.26. The Hall–Kier alpha value is -1.71. The molecule has 0 amide bonds. The number of hydrogen-bond acceptors (Lipinski definition) is 4. The number of ether oxygens (including phenoxy) is 2. The summed E-state index contributed by atoms with van der Waals surface area (Å²) in [6.07, 6.45) is 0. The maximum Gasteiger partial charge on any atom is 0.169 e. The molecule has 0 bridgehead atoms. The largest absolute Gasteiger partial charge is 0.493 e. The molecular formula is C10H13NO3. The Balaban J connectivity index is 3.29. The molecule has 4 nitrogen and oxygen atoms in total. The number of benzene rings is 1. The monoisotopic (exact) mass is 195 g/mol. The quantitative estimate of drug-likeness (QED) is 0.455. The van der Waals surface area contributed by atoms with E-state index in [2.05, 4.69) is 5.16 Å². The van der Waals surface area contributed by atoms with Crippen LogP contribution in [0.5, 0.6) is 11.5 Å². The zero-order chi connectivity index (χ0) is 10.6. The molecule has 1 rings (SSSR count). The summed E-state index contributed by atoms with van der Waals surface area (Å²) in [5.41, 5.74) is 1.20. The van der Waals surface area contributed by atoms with Crippen molar-refractivity contribution in [2.24, 2.45) is 5.16 Å². The lowest BCUT2D eigenvalue weighted by Crippen LogP contribution is -2.00. The second-order valence-electron chi connectivity index (χ2n) is 2.73. The van der Waals surface area contributed by atoms with E-state index < -0.39 is 0 Å². The second kappa shape index (κ2) is 4.50. The Morgan fingerprint density at radius 2 is 2.00 bits per heavy atom. The number of methoxy groups -OCH3 is 2. The molecule has 0 aliphatic heterocycles. The van der Waals surface area contributed by atoms with Gasteiger partial charge in [-0.3, -0.25) is 0 Å². The van der Waals surface area contributed by atoms with Crippen molar-refractivity contribution in [2.45, 2.75) is 6.92 Å². The van der Waals surface area contributed by atoms with Crippen LogP contribution in [0.25, 0.3) is 0 Å².